The maximum Gasteiger partial charge on any atom is 0.243 e. The molecule has 164 valence electrons. The van der Waals surface area contributed by atoms with E-state index in [9.17, 15) is 9.59 Å². The standard InChI is InChI=1S/C24H31N5O2/c25-23(31)24(27-21-4-2-1-3-5-21)10-16-29(17-11-24)22(30)20-8-14-28(15-9-20)18-19-6-12-26-13-7-19/h1-7,12-13,20,27H,8-11,14-18H2,(H2,25,31). The highest BCUT2D eigenvalue weighted by Gasteiger charge is 2.42. The summed E-state index contributed by atoms with van der Waals surface area (Å²) < 4.78 is 0. The van der Waals surface area contributed by atoms with E-state index in [1.165, 1.54) is 5.56 Å². The second-order valence-corrected chi connectivity index (χ2v) is 8.67. The zero-order chi connectivity index (χ0) is 21.7. The summed E-state index contributed by atoms with van der Waals surface area (Å²) in [6.07, 6.45) is 6.46. The molecule has 0 spiro atoms. The van der Waals surface area contributed by atoms with Crippen LogP contribution in [0.3, 0.4) is 0 Å². The number of aromatic nitrogens is 1. The van der Waals surface area contributed by atoms with Crippen LogP contribution in [0.15, 0.2) is 54.9 Å². The summed E-state index contributed by atoms with van der Waals surface area (Å²) in [5.74, 6) is -0.0638. The van der Waals surface area contributed by atoms with Crippen molar-refractivity contribution in [1.82, 2.24) is 14.8 Å². The Labute approximate surface area is 183 Å². The summed E-state index contributed by atoms with van der Waals surface area (Å²) in [6.45, 7) is 3.86. The third-order valence-electron chi connectivity index (χ3n) is 6.65. The number of hydrogen-bond donors (Lipinski definition) is 2. The van der Waals surface area contributed by atoms with Gasteiger partial charge in [0.2, 0.25) is 11.8 Å². The van der Waals surface area contributed by atoms with Crippen molar-refractivity contribution in [3.8, 4) is 0 Å². The molecule has 2 aromatic rings. The van der Waals surface area contributed by atoms with Gasteiger partial charge >= 0.3 is 0 Å². The number of hydrogen-bond acceptors (Lipinski definition) is 5. The van der Waals surface area contributed by atoms with Gasteiger partial charge in [0.1, 0.15) is 5.54 Å². The average molecular weight is 422 g/mol. The minimum atomic E-state index is -0.800. The number of anilines is 1. The van der Waals surface area contributed by atoms with Crippen LogP contribution in [0, 0.1) is 5.92 Å². The van der Waals surface area contributed by atoms with Crippen LogP contribution in [-0.2, 0) is 16.1 Å². The number of nitrogens with one attached hydrogen (secondary N) is 1. The lowest BCUT2D eigenvalue weighted by molar-refractivity contribution is -0.140. The Kier molecular flexibility index (Phi) is 6.51. The minimum absolute atomic E-state index is 0.0665. The second kappa shape index (κ2) is 9.47. The maximum absolute atomic E-state index is 13.1. The molecular weight excluding hydrogens is 390 g/mol. The van der Waals surface area contributed by atoms with Crippen LogP contribution in [0.25, 0.3) is 0 Å². The molecule has 1 aromatic heterocycles. The molecular formula is C24H31N5O2. The Morgan fingerprint density at radius 1 is 1.00 bits per heavy atom. The molecule has 0 saturated carbocycles. The quantitative estimate of drug-likeness (QED) is 0.747. The fourth-order valence-corrected chi connectivity index (χ4v) is 4.68. The van der Waals surface area contributed by atoms with Gasteiger partial charge < -0.3 is 16.0 Å². The van der Waals surface area contributed by atoms with Gasteiger partial charge in [0.15, 0.2) is 0 Å². The Hall–Kier alpha value is -2.93. The van der Waals surface area contributed by atoms with Crippen molar-refractivity contribution in [3.63, 3.8) is 0 Å². The first-order chi connectivity index (χ1) is 15.1. The van der Waals surface area contributed by atoms with Crippen LogP contribution in [0.2, 0.25) is 0 Å². The van der Waals surface area contributed by atoms with Crippen molar-refractivity contribution in [1.29, 1.82) is 0 Å². The van der Waals surface area contributed by atoms with Crippen molar-refractivity contribution in [2.45, 2.75) is 37.8 Å². The number of piperidine rings is 2. The summed E-state index contributed by atoms with van der Waals surface area (Å²) >= 11 is 0. The molecule has 0 aliphatic carbocycles. The molecule has 3 N–H and O–H groups in total. The summed E-state index contributed by atoms with van der Waals surface area (Å²) in [6, 6.07) is 13.7. The Morgan fingerprint density at radius 3 is 2.26 bits per heavy atom. The molecule has 2 aliphatic heterocycles. The van der Waals surface area contributed by atoms with Gasteiger partial charge in [0.25, 0.3) is 0 Å². The molecule has 2 aliphatic rings. The number of pyridine rings is 1. The molecule has 7 heteroatoms. The number of amides is 2. The summed E-state index contributed by atoms with van der Waals surface area (Å²) in [5.41, 5.74) is 7.11. The summed E-state index contributed by atoms with van der Waals surface area (Å²) in [4.78, 5) is 33.8. The minimum Gasteiger partial charge on any atom is -0.371 e. The summed E-state index contributed by atoms with van der Waals surface area (Å²) in [5, 5.41) is 3.34. The molecule has 0 unspecified atom stereocenters. The van der Waals surface area contributed by atoms with Gasteiger partial charge in [-0.15, -0.1) is 0 Å². The van der Waals surface area contributed by atoms with Crippen LogP contribution in [0.4, 0.5) is 5.69 Å². The molecule has 31 heavy (non-hydrogen) atoms. The van der Waals surface area contributed by atoms with E-state index in [1.807, 2.05) is 59.8 Å². The third kappa shape index (κ3) is 5.05. The van der Waals surface area contributed by atoms with Gasteiger partial charge in [0.05, 0.1) is 0 Å². The number of benzene rings is 1. The van der Waals surface area contributed by atoms with Crippen LogP contribution in [0.1, 0.15) is 31.2 Å². The highest BCUT2D eigenvalue weighted by atomic mass is 16.2. The number of nitrogens with two attached hydrogens (primary N) is 1. The number of primary amides is 1. The van der Waals surface area contributed by atoms with E-state index < -0.39 is 5.54 Å². The first-order valence-corrected chi connectivity index (χ1v) is 11.1. The number of nitrogens with zero attached hydrogens (tertiary/aromatic N) is 3. The van der Waals surface area contributed by atoms with Crippen molar-refractivity contribution in [2.75, 3.05) is 31.5 Å². The van der Waals surface area contributed by atoms with Gasteiger partial charge in [-0.3, -0.25) is 19.5 Å². The van der Waals surface area contributed by atoms with Crippen molar-refractivity contribution in [2.24, 2.45) is 11.7 Å². The number of rotatable bonds is 6. The third-order valence-corrected chi connectivity index (χ3v) is 6.65. The van der Waals surface area contributed by atoms with Crippen molar-refractivity contribution >= 4 is 17.5 Å². The Bertz CT molecular complexity index is 873. The summed E-state index contributed by atoms with van der Waals surface area (Å²) in [7, 11) is 0. The van der Waals surface area contributed by atoms with Crippen LogP contribution >= 0.6 is 0 Å². The predicted octanol–water partition coefficient (Wildman–Crippen LogP) is 2.25. The highest BCUT2D eigenvalue weighted by molar-refractivity contribution is 5.88. The van der Waals surface area contributed by atoms with Crippen molar-refractivity contribution < 1.29 is 9.59 Å². The van der Waals surface area contributed by atoms with Gasteiger partial charge in [0, 0.05) is 43.6 Å². The van der Waals surface area contributed by atoms with Gasteiger partial charge in [-0.25, -0.2) is 0 Å². The lowest BCUT2D eigenvalue weighted by Gasteiger charge is -2.42. The molecule has 0 atom stereocenters. The van der Waals surface area contributed by atoms with E-state index in [4.69, 9.17) is 5.73 Å². The molecule has 2 amide bonds. The molecule has 0 bridgehead atoms. The first-order valence-electron chi connectivity index (χ1n) is 11.1. The first kappa shape index (κ1) is 21.3. The van der Waals surface area contributed by atoms with E-state index in [0.29, 0.717) is 25.9 Å². The molecule has 2 saturated heterocycles. The second-order valence-electron chi connectivity index (χ2n) is 8.67. The van der Waals surface area contributed by atoms with Gasteiger partial charge in [-0.1, -0.05) is 18.2 Å². The fourth-order valence-electron chi connectivity index (χ4n) is 4.68. The number of carbonyl (C=O) groups is 2. The zero-order valence-electron chi connectivity index (χ0n) is 17.9. The molecule has 1 aromatic carbocycles. The normalized spacial score (nSPS) is 19.7. The smallest absolute Gasteiger partial charge is 0.243 e. The van der Waals surface area contributed by atoms with Crippen LogP contribution in [-0.4, -0.2) is 58.3 Å². The highest BCUT2D eigenvalue weighted by Crippen LogP contribution is 2.29. The predicted molar refractivity (Wildman–Crippen MR) is 120 cm³/mol. The van der Waals surface area contributed by atoms with Crippen LogP contribution in [0.5, 0.6) is 0 Å². The number of para-hydroxylation sites is 1. The topological polar surface area (TPSA) is 91.6 Å². The van der Waals surface area contributed by atoms with Gasteiger partial charge in [-0.05, 0) is 68.6 Å². The molecule has 4 rings (SSSR count). The lowest BCUT2D eigenvalue weighted by atomic mass is 9.85. The zero-order valence-corrected chi connectivity index (χ0v) is 17.9. The SMILES string of the molecule is NC(=O)C1(Nc2ccccc2)CCN(C(=O)C2CCN(Cc3ccncc3)CC2)CC1. The van der Waals surface area contributed by atoms with Crippen LogP contribution < -0.4 is 11.1 Å². The molecule has 7 nitrogen and oxygen atoms in total. The average Bonchev–Trinajstić information content (AvgIpc) is 2.81. The molecule has 3 heterocycles. The molecule has 0 radical (unpaired) electrons. The van der Waals surface area contributed by atoms with Gasteiger partial charge in [-0.2, -0.15) is 0 Å². The van der Waals surface area contributed by atoms with Crippen molar-refractivity contribution in [3.05, 3.63) is 60.4 Å². The Balaban J connectivity index is 1.29. The van der Waals surface area contributed by atoms with E-state index in [0.717, 1.165) is 38.2 Å². The van der Waals surface area contributed by atoms with E-state index in [-0.39, 0.29) is 17.7 Å². The van der Waals surface area contributed by atoms with E-state index in [1.54, 1.807) is 0 Å². The monoisotopic (exact) mass is 421 g/mol. The largest absolute Gasteiger partial charge is 0.371 e. The maximum atomic E-state index is 13.1. The fraction of sp³-hybridized carbons (Fsp3) is 0.458. The Morgan fingerprint density at radius 2 is 1.65 bits per heavy atom. The lowest BCUT2D eigenvalue weighted by Crippen LogP contribution is -2.58. The number of likely N-dealkylation sites (tertiary alicyclic amines) is 2. The number of carbonyl (C=O) groups excluding carboxylic acids is 2. The van der Waals surface area contributed by atoms with E-state index >= 15 is 0 Å². The molecule has 2 fully saturated rings. The van der Waals surface area contributed by atoms with E-state index in [2.05, 4.69) is 15.2 Å².